The Bertz CT molecular complexity index is 2160. The number of benzene rings is 3. The van der Waals surface area contributed by atoms with Crippen LogP contribution in [0.4, 0.5) is 5.69 Å². The summed E-state index contributed by atoms with van der Waals surface area (Å²) in [4.78, 5) is 25.9. The lowest BCUT2D eigenvalue weighted by molar-refractivity contribution is 0.0367. The molecule has 0 bridgehead atoms. The second-order valence-corrected chi connectivity index (χ2v) is 11.7. The fourth-order valence-corrected chi connectivity index (χ4v) is 5.59. The van der Waals surface area contributed by atoms with Gasteiger partial charge in [0.15, 0.2) is 0 Å². The van der Waals surface area contributed by atoms with E-state index in [1.807, 2.05) is 34.7 Å². The molecule has 0 spiro atoms. The minimum absolute atomic E-state index is 0.262. The lowest BCUT2D eigenvalue weighted by atomic mass is 10.1. The number of imidazole rings is 1. The Morgan fingerprint density at radius 1 is 0.780 bits per heavy atom. The van der Waals surface area contributed by atoms with Gasteiger partial charge in [-0.15, -0.1) is 0 Å². The van der Waals surface area contributed by atoms with Crippen LogP contribution in [-0.2, 0) is 28.9 Å². The highest BCUT2D eigenvalue weighted by Crippen LogP contribution is 2.22. The highest BCUT2D eigenvalue weighted by atomic mass is 16.5. The highest BCUT2D eigenvalue weighted by Gasteiger charge is 2.12. The summed E-state index contributed by atoms with van der Waals surface area (Å²) in [6, 6.07) is 31.8. The van der Waals surface area contributed by atoms with Gasteiger partial charge < -0.3 is 29.3 Å². The van der Waals surface area contributed by atoms with E-state index in [1.54, 1.807) is 24.4 Å². The fraction of sp³-hybridized carbons (Fsp3) is 0.231. The first-order valence-electron chi connectivity index (χ1n) is 16.7. The Labute approximate surface area is 289 Å². The molecule has 0 saturated heterocycles. The van der Waals surface area contributed by atoms with Crippen molar-refractivity contribution < 1.29 is 23.4 Å². The standard InChI is InChI=1S/C39H38N6O5/c46-38(34-16-18-45-35-9-5-4-8-33(35)43-39(45)44-34)42-31-13-15-37(41-27-31)49-23-22-48-21-20-47-19-17-40-26-29-10-12-30-25-32(50-36(30)24-29)14-11-28-6-2-1-3-7-28/h1-10,12-13,15-16,18,24-25,27,40H,11,14,17,19-23,26H2,(H,42,46). The molecule has 0 radical (unpaired) electrons. The van der Waals surface area contributed by atoms with Crippen LogP contribution in [0, 0.1) is 0 Å². The maximum absolute atomic E-state index is 12.8. The molecule has 0 aliphatic rings. The van der Waals surface area contributed by atoms with Crippen molar-refractivity contribution in [2.45, 2.75) is 19.4 Å². The maximum atomic E-state index is 12.8. The number of fused-ring (bicyclic) bond motifs is 4. The number of carbonyl (C=O) groups is 1. The molecule has 0 saturated carbocycles. The number of aromatic nitrogens is 4. The fourth-order valence-electron chi connectivity index (χ4n) is 5.59. The smallest absolute Gasteiger partial charge is 0.274 e. The third-order valence-corrected chi connectivity index (χ3v) is 8.15. The number of anilines is 1. The first-order valence-corrected chi connectivity index (χ1v) is 16.7. The summed E-state index contributed by atoms with van der Waals surface area (Å²) in [5.74, 6) is 1.56. The van der Waals surface area contributed by atoms with Crippen molar-refractivity contribution in [3.05, 3.63) is 132 Å². The normalized spacial score (nSPS) is 11.4. The van der Waals surface area contributed by atoms with Crippen molar-refractivity contribution in [3.63, 3.8) is 0 Å². The number of pyridine rings is 1. The molecule has 50 heavy (non-hydrogen) atoms. The van der Waals surface area contributed by atoms with Crippen LogP contribution in [0.15, 0.2) is 114 Å². The maximum Gasteiger partial charge on any atom is 0.274 e. The van der Waals surface area contributed by atoms with Gasteiger partial charge in [-0.05, 0) is 53.9 Å². The van der Waals surface area contributed by atoms with Gasteiger partial charge in [-0.1, -0.05) is 54.6 Å². The highest BCUT2D eigenvalue weighted by molar-refractivity contribution is 6.03. The molecule has 0 atom stereocenters. The molecule has 254 valence electrons. The largest absolute Gasteiger partial charge is 0.475 e. The van der Waals surface area contributed by atoms with Crippen LogP contribution in [0.2, 0.25) is 0 Å². The van der Waals surface area contributed by atoms with Crippen LogP contribution in [0.5, 0.6) is 5.88 Å². The molecule has 1 amide bonds. The van der Waals surface area contributed by atoms with E-state index >= 15 is 0 Å². The van der Waals surface area contributed by atoms with Crippen LogP contribution >= 0.6 is 0 Å². The van der Waals surface area contributed by atoms with Gasteiger partial charge >= 0.3 is 0 Å². The van der Waals surface area contributed by atoms with Crippen LogP contribution < -0.4 is 15.4 Å². The van der Waals surface area contributed by atoms with Gasteiger partial charge in [0.25, 0.3) is 5.91 Å². The summed E-state index contributed by atoms with van der Waals surface area (Å²) >= 11 is 0. The zero-order valence-electron chi connectivity index (χ0n) is 27.6. The molecule has 0 fully saturated rings. The third kappa shape index (κ3) is 8.50. The number of carbonyl (C=O) groups excluding carboxylic acids is 1. The average Bonchev–Trinajstić information content (AvgIpc) is 3.74. The van der Waals surface area contributed by atoms with Gasteiger partial charge in [0.2, 0.25) is 11.7 Å². The summed E-state index contributed by atoms with van der Waals surface area (Å²) in [5.41, 5.74) is 5.96. The first kappa shape index (κ1) is 32.9. The van der Waals surface area contributed by atoms with Crippen molar-refractivity contribution in [1.29, 1.82) is 0 Å². The predicted molar refractivity (Wildman–Crippen MR) is 192 cm³/mol. The van der Waals surface area contributed by atoms with E-state index in [-0.39, 0.29) is 11.6 Å². The average molecular weight is 671 g/mol. The SMILES string of the molecule is O=C(Nc1ccc(OCCOCCOCCNCc2ccc3cc(CCc4ccccc4)oc3c2)nc1)c1ccn2c(n1)nc1ccccc12. The number of hydrogen-bond acceptors (Lipinski definition) is 9. The van der Waals surface area contributed by atoms with Crippen LogP contribution in [0.3, 0.4) is 0 Å². The van der Waals surface area contributed by atoms with Gasteiger partial charge in [-0.25, -0.2) is 15.0 Å². The monoisotopic (exact) mass is 670 g/mol. The van der Waals surface area contributed by atoms with E-state index in [9.17, 15) is 4.79 Å². The van der Waals surface area contributed by atoms with Crippen molar-refractivity contribution in [3.8, 4) is 5.88 Å². The van der Waals surface area contributed by atoms with Crippen LogP contribution in [-0.4, -0.2) is 64.8 Å². The summed E-state index contributed by atoms with van der Waals surface area (Å²) < 4.78 is 24.9. The van der Waals surface area contributed by atoms with Crippen molar-refractivity contribution >= 4 is 39.4 Å². The Morgan fingerprint density at radius 2 is 1.62 bits per heavy atom. The Morgan fingerprint density at radius 3 is 2.50 bits per heavy atom. The number of ether oxygens (including phenoxy) is 3. The Kier molecular flexibility index (Phi) is 10.7. The molecule has 0 aliphatic heterocycles. The minimum Gasteiger partial charge on any atom is -0.475 e. The van der Waals surface area contributed by atoms with E-state index < -0.39 is 0 Å². The zero-order valence-corrected chi connectivity index (χ0v) is 27.6. The summed E-state index contributed by atoms with van der Waals surface area (Å²) in [6.45, 7) is 3.78. The van der Waals surface area contributed by atoms with Crippen molar-refractivity contribution in [1.82, 2.24) is 24.7 Å². The summed E-state index contributed by atoms with van der Waals surface area (Å²) in [5, 5.41) is 7.36. The van der Waals surface area contributed by atoms with Gasteiger partial charge in [-0.3, -0.25) is 9.20 Å². The minimum atomic E-state index is -0.350. The molecule has 0 unspecified atom stereocenters. The second-order valence-electron chi connectivity index (χ2n) is 11.7. The number of nitrogens with one attached hydrogen (secondary N) is 2. The number of para-hydroxylation sites is 2. The molecule has 7 aromatic rings. The van der Waals surface area contributed by atoms with E-state index in [0.717, 1.165) is 53.7 Å². The van der Waals surface area contributed by atoms with Crippen LogP contribution in [0.1, 0.15) is 27.4 Å². The molecule has 7 rings (SSSR count). The van der Waals surface area contributed by atoms with E-state index in [4.69, 9.17) is 18.6 Å². The van der Waals surface area contributed by atoms with E-state index in [2.05, 4.69) is 74.1 Å². The number of rotatable bonds is 17. The van der Waals surface area contributed by atoms with Gasteiger partial charge in [-0.2, -0.15) is 0 Å². The zero-order chi connectivity index (χ0) is 34.0. The lowest BCUT2D eigenvalue weighted by Crippen LogP contribution is -2.20. The van der Waals surface area contributed by atoms with Gasteiger partial charge in [0.1, 0.15) is 23.6 Å². The lowest BCUT2D eigenvalue weighted by Gasteiger charge is -2.09. The molecular weight excluding hydrogens is 632 g/mol. The third-order valence-electron chi connectivity index (χ3n) is 8.15. The molecule has 2 N–H and O–H groups in total. The van der Waals surface area contributed by atoms with E-state index in [0.29, 0.717) is 50.4 Å². The molecule has 3 aromatic carbocycles. The molecule has 4 heterocycles. The summed E-state index contributed by atoms with van der Waals surface area (Å²) in [6.07, 6.45) is 5.18. The van der Waals surface area contributed by atoms with Gasteiger partial charge in [0.05, 0.1) is 49.3 Å². The summed E-state index contributed by atoms with van der Waals surface area (Å²) in [7, 11) is 0. The van der Waals surface area contributed by atoms with Gasteiger partial charge in [0, 0.05) is 37.2 Å². The quantitative estimate of drug-likeness (QED) is 0.108. The van der Waals surface area contributed by atoms with Crippen LogP contribution in [0.25, 0.3) is 27.8 Å². The number of hydrogen-bond donors (Lipinski definition) is 2. The molecule has 11 heteroatoms. The molecule has 0 aliphatic carbocycles. The number of furan rings is 1. The molecular formula is C39H38N6O5. The topological polar surface area (TPSA) is 125 Å². The Hall–Kier alpha value is -5.62. The van der Waals surface area contributed by atoms with Crippen molar-refractivity contribution in [2.75, 3.05) is 44.9 Å². The Balaban J connectivity index is 0.734. The second kappa shape index (κ2) is 16.2. The van der Waals surface area contributed by atoms with E-state index in [1.165, 1.54) is 17.3 Å². The predicted octanol–water partition coefficient (Wildman–Crippen LogP) is 6.26. The van der Waals surface area contributed by atoms with Crippen molar-refractivity contribution in [2.24, 2.45) is 0 Å². The number of nitrogens with zero attached hydrogens (tertiary/aromatic N) is 4. The number of amides is 1. The molecule has 4 aromatic heterocycles. The first-order chi connectivity index (χ1) is 24.7. The number of aryl methyl sites for hydroxylation is 2. The molecule has 11 nitrogen and oxygen atoms in total.